The monoisotopic (exact) mass is 382 g/mol. The summed E-state index contributed by atoms with van der Waals surface area (Å²) in [6.07, 6.45) is 0. The molecule has 0 aliphatic carbocycles. The summed E-state index contributed by atoms with van der Waals surface area (Å²) >= 11 is 14.8. The van der Waals surface area contributed by atoms with E-state index in [4.69, 9.17) is 23.8 Å². The summed E-state index contributed by atoms with van der Waals surface area (Å²) in [4.78, 5) is 0. The zero-order valence-electron chi connectivity index (χ0n) is 11.8. The lowest BCUT2D eigenvalue weighted by Gasteiger charge is -2.16. The van der Waals surface area contributed by atoms with Crippen LogP contribution in [-0.2, 0) is 0 Å². The van der Waals surface area contributed by atoms with Gasteiger partial charge < -0.3 is 10.6 Å². The molecule has 5 heteroatoms. The predicted octanol–water partition coefficient (Wildman–Crippen LogP) is 6.03. The summed E-state index contributed by atoms with van der Waals surface area (Å²) in [5.41, 5.74) is 3.06. The largest absolute Gasteiger partial charge is 0.332 e. The Labute approximate surface area is 144 Å². The van der Waals surface area contributed by atoms with E-state index in [1.165, 1.54) is 0 Å². The predicted molar refractivity (Wildman–Crippen MR) is 99.5 cm³/mol. The molecule has 0 amide bonds. The van der Waals surface area contributed by atoms with Crippen LogP contribution in [0, 0.1) is 0 Å². The zero-order chi connectivity index (χ0) is 15.4. The maximum absolute atomic E-state index is 6.06. The Morgan fingerprint density at radius 1 is 1.10 bits per heavy atom. The normalized spacial score (nSPS) is 10.5. The van der Waals surface area contributed by atoms with Gasteiger partial charge in [0, 0.05) is 20.9 Å². The van der Waals surface area contributed by atoms with E-state index >= 15 is 0 Å². The van der Waals surface area contributed by atoms with Gasteiger partial charge >= 0.3 is 0 Å². The first-order valence-corrected chi connectivity index (χ1v) is 8.16. The fourth-order valence-electron chi connectivity index (χ4n) is 1.94. The van der Waals surface area contributed by atoms with Crippen molar-refractivity contribution in [3.05, 3.63) is 57.5 Å². The molecule has 0 radical (unpaired) electrons. The zero-order valence-corrected chi connectivity index (χ0v) is 14.9. The molecule has 2 aromatic rings. The minimum absolute atomic E-state index is 0.363. The number of hydrogen-bond donors (Lipinski definition) is 2. The Balaban J connectivity index is 2.11. The highest BCUT2D eigenvalue weighted by molar-refractivity contribution is 9.10. The van der Waals surface area contributed by atoms with Crippen molar-refractivity contribution < 1.29 is 0 Å². The molecule has 2 aromatic carbocycles. The van der Waals surface area contributed by atoms with E-state index in [1.807, 2.05) is 42.5 Å². The van der Waals surface area contributed by atoms with Crippen molar-refractivity contribution in [2.75, 3.05) is 10.6 Å². The number of nitrogens with one attached hydrogen (secondary N) is 2. The summed E-state index contributed by atoms with van der Waals surface area (Å²) < 4.78 is 1.03. The van der Waals surface area contributed by atoms with E-state index in [0.29, 0.717) is 11.0 Å². The molecule has 0 unspecified atom stereocenters. The van der Waals surface area contributed by atoms with Crippen LogP contribution in [0.1, 0.15) is 25.3 Å². The smallest absolute Gasteiger partial charge is 0.175 e. The Bertz CT molecular complexity index is 641. The first-order valence-electron chi connectivity index (χ1n) is 6.58. The lowest BCUT2D eigenvalue weighted by molar-refractivity contribution is 0.869. The van der Waals surface area contributed by atoms with Gasteiger partial charge in [0.15, 0.2) is 5.11 Å². The molecular weight excluding hydrogens is 368 g/mol. The maximum Gasteiger partial charge on any atom is 0.175 e. The molecule has 21 heavy (non-hydrogen) atoms. The fraction of sp³-hybridized carbons (Fsp3) is 0.188. The highest BCUT2D eigenvalue weighted by Crippen LogP contribution is 2.27. The lowest BCUT2D eigenvalue weighted by Crippen LogP contribution is -2.20. The molecule has 0 bridgehead atoms. The summed E-state index contributed by atoms with van der Waals surface area (Å²) in [6, 6.07) is 13.6. The molecule has 0 spiro atoms. The average Bonchev–Trinajstić information content (AvgIpc) is 2.43. The van der Waals surface area contributed by atoms with Crippen LogP contribution >= 0.6 is 39.7 Å². The van der Waals surface area contributed by atoms with Gasteiger partial charge in [-0.2, -0.15) is 0 Å². The van der Waals surface area contributed by atoms with Crippen LogP contribution in [0.15, 0.2) is 46.9 Å². The van der Waals surface area contributed by atoms with E-state index in [-0.39, 0.29) is 0 Å². The SMILES string of the molecule is CC(C)c1cc(Cl)ccc1NC(=S)Nc1ccc(Br)cc1. The number of benzene rings is 2. The molecule has 0 aliphatic heterocycles. The van der Waals surface area contributed by atoms with Gasteiger partial charge in [-0.25, -0.2) is 0 Å². The number of rotatable bonds is 3. The van der Waals surface area contributed by atoms with Crippen molar-refractivity contribution in [2.24, 2.45) is 0 Å². The third-order valence-electron chi connectivity index (χ3n) is 2.99. The van der Waals surface area contributed by atoms with Crippen LogP contribution in [0.3, 0.4) is 0 Å². The third-order valence-corrected chi connectivity index (χ3v) is 3.95. The van der Waals surface area contributed by atoms with Gasteiger partial charge in [-0.15, -0.1) is 0 Å². The van der Waals surface area contributed by atoms with Crippen LogP contribution < -0.4 is 10.6 Å². The first-order chi connectivity index (χ1) is 9.95. The molecular formula is C16H16BrClN2S. The third kappa shape index (κ3) is 4.70. The van der Waals surface area contributed by atoms with Gasteiger partial charge in [-0.05, 0) is 66.2 Å². The molecule has 0 atom stereocenters. The van der Waals surface area contributed by atoms with Gasteiger partial charge in [-0.3, -0.25) is 0 Å². The number of halogens is 2. The van der Waals surface area contributed by atoms with Crippen LogP contribution in [-0.4, -0.2) is 5.11 Å². The van der Waals surface area contributed by atoms with Gasteiger partial charge in [0.05, 0.1) is 0 Å². The van der Waals surface area contributed by atoms with Gasteiger partial charge in [0.25, 0.3) is 0 Å². The summed E-state index contributed by atoms with van der Waals surface area (Å²) in [7, 11) is 0. The van der Waals surface area contributed by atoms with Crippen LogP contribution in [0.25, 0.3) is 0 Å². The average molecular weight is 384 g/mol. The highest BCUT2D eigenvalue weighted by Gasteiger charge is 2.09. The molecule has 0 saturated carbocycles. The van der Waals surface area contributed by atoms with E-state index in [9.17, 15) is 0 Å². The Kier molecular flexibility index (Phi) is 5.62. The second-order valence-corrected chi connectivity index (χ2v) is 6.73. The van der Waals surface area contributed by atoms with E-state index in [0.717, 1.165) is 26.4 Å². The second-order valence-electron chi connectivity index (χ2n) is 4.97. The van der Waals surface area contributed by atoms with E-state index in [1.54, 1.807) is 0 Å². The Hall–Kier alpha value is -1.10. The number of anilines is 2. The first kappa shape index (κ1) is 16.3. The van der Waals surface area contributed by atoms with Gasteiger partial charge in [-0.1, -0.05) is 41.4 Å². The fourth-order valence-corrected chi connectivity index (χ4v) is 2.62. The minimum Gasteiger partial charge on any atom is -0.332 e. The van der Waals surface area contributed by atoms with Crippen LogP contribution in [0.2, 0.25) is 5.02 Å². The van der Waals surface area contributed by atoms with Gasteiger partial charge in [0.2, 0.25) is 0 Å². The standard InChI is InChI=1S/C16H16BrClN2S/c1-10(2)14-9-12(18)5-8-15(14)20-16(21)19-13-6-3-11(17)4-7-13/h3-10H,1-2H3,(H2,19,20,21). The highest BCUT2D eigenvalue weighted by atomic mass is 79.9. The summed E-state index contributed by atoms with van der Waals surface area (Å²) in [5, 5.41) is 7.69. The molecule has 0 aliphatic rings. The van der Waals surface area contributed by atoms with Crippen molar-refractivity contribution in [1.29, 1.82) is 0 Å². The maximum atomic E-state index is 6.06. The minimum atomic E-state index is 0.363. The molecule has 0 saturated heterocycles. The summed E-state index contributed by atoms with van der Waals surface area (Å²) in [6.45, 7) is 4.25. The van der Waals surface area contributed by atoms with Crippen molar-refractivity contribution >= 4 is 56.2 Å². The van der Waals surface area contributed by atoms with Crippen molar-refractivity contribution in [2.45, 2.75) is 19.8 Å². The van der Waals surface area contributed by atoms with Crippen LogP contribution in [0.4, 0.5) is 11.4 Å². The van der Waals surface area contributed by atoms with E-state index < -0.39 is 0 Å². The molecule has 2 nitrogen and oxygen atoms in total. The molecule has 0 heterocycles. The molecule has 110 valence electrons. The topological polar surface area (TPSA) is 24.1 Å². The van der Waals surface area contributed by atoms with E-state index in [2.05, 4.69) is 40.4 Å². The number of thiocarbonyl (C=S) groups is 1. The van der Waals surface area contributed by atoms with Crippen molar-refractivity contribution in [1.82, 2.24) is 0 Å². The lowest BCUT2D eigenvalue weighted by atomic mass is 10.0. The van der Waals surface area contributed by atoms with Crippen molar-refractivity contribution in [3.8, 4) is 0 Å². The molecule has 0 aromatic heterocycles. The molecule has 2 N–H and O–H groups in total. The van der Waals surface area contributed by atoms with Crippen molar-refractivity contribution in [3.63, 3.8) is 0 Å². The Morgan fingerprint density at radius 3 is 2.38 bits per heavy atom. The quantitative estimate of drug-likeness (QED) is 0.632. The molecule has 0 fully saturated rings. The van der Waals surface area contributed by atoms with Crippen LogP contribution in [0.5, 0.6) is 0 Å². The Morgan fingerprint density at radius 2 is 1.76 bits per heavy atom. The van der Waals surface area contributed by atoms with Gasteiger partial charge in [0.1, 0.15) is 0 Å². The summed E-state index contributed by atoms with van der Waals surface area (Å²) in [5.74, 6) is 0.363. The number of hydrogen-bond acceptors (Lipinski definition) is 1. The second kappa shape index (κ2) is 7.25. The molecule has 2 rings (SSSR count).